The molecular weight excluding hydrogens is 239 g/mol. The van der Waals surface area contributed by atoms with E-state index in [0.29, 0.717) is 0 Å². The number of nitrogens with two attached hydrogens (primary N) is 1. The van der Waals surface area contributed by atoms with Crippen LogP contribution in [0.5, 0.6) is 0 Å². The van der Waals surface area contributed by atoms with Crippen molar-refractivity contribution in [1.29, 1.82) is 0 Å². The Morgan fingerprint density at radius 2 is 2.06 bits per heavy atom. The molecular formula is C12H15FN2O3. The molecule has 98 valence electrons. The second-order valence-corrected chi connectivity index (χ2v) is 4.57. The summed E-state index contributed by atoms with van der Waals surface area (Å²) in [4.78, 5) is 22.1. The number of hydrogen-bond donors (Lipinski definition) is 3. The first-order valence-electron chi connectivity index (χ1n) is 5.31. The third kappa shape index (κ3) is 2.97. The van der Waals surface area contributed by atoms with E-state index in [1.54, 1.807) is 13.8 Å². The topological polar surface area (TPSA) is 92.4 Å². The molecule has 0 saturated carbocycles. The highest BCUT2D eigenvalue weighted by Gasteiger charge is 2.26. The molecule has 0 bridgehead atoms. The zero-order valence-corrected chi connectivity index (χ0v) is 10.2. The predicted octanol–water partition coefficient (Wildman–Crippen LogP) is 1.45. The Labute approximate surface area is 104 Å². The van der Waals surface area contributed by atoms with Crippen LogP contribution in [-0.2, 0) is 4.79 Å². The van der Waals surface area contributed by atoms with E-state index in [9.17, 15) is 14.0 Å². The summed E-state index contributed by atoms with van der Waals surface area (Å²) in [6.07, 6.45) is 0. The van der Waals surface area contributed by atoms with Crippen molar-refractivity contribution in [3.63, 3.8) is 0 Å². The number of rotatable bonds is 5. The maximum Gasteiger partial charge on any atom is 0.337 e. The molecule has 1 aromatic rings. The van der Waals surface area contributed by atoms with Crippen LogP contribution in [0.2, 0.25) is 0 Å². The molecule has 0 unspecified atom stereocenters. The average molecular weight is 254 g/mol. The normalized spacial score (nSPS) is 11.1. The second-order valence-electron chi connectivity index (χ2n) is 4.57. The third-order valence-electron chi connectivity index (χ3n) is 2.62. The van der Waals surface area contributed by atoms with Gasteiger partial charge in [0.25, 0.3) is 0 Å². The third-order valence-corrected chi connectivity index (χ3v) is 2.62. The molecule has 0 heterocycles. The molecule has 0 aliphatic rings. The minimum Gasteiger partial charge on any atom is -0.478 e. The fourth-order valence-electron chi connectivity index (χ4n) is 1.28. The molecule has 18 heavy (non-hydrogen) atoms. The number of carboxylic acids is 1. The Morgan fingerprint density at radius 1 is 1.44 bits per heavy atom. The van der Waals surface area contributed by atoms with Crippen LogP contribution >= 0.6 is 0 Å². The zero-order valence-electron chi connectivity index (χ0n) is 10.2. The fraction of sp³-hybridized carbons (Fsp3) is 0.333. The maximum atomic E-state index is 13.5. The minimum atomic E-state index is -1.24. The molecule has 0 aromatic heterocycles. The van der Waals surface area contributed by atoms with Gasteiger partial charge < -0.3 is 16.2 Å². The van der Waals surface area contributed by atoms with Crippen molar-refractivity contribution in [2.75, 3.05) is 11.9 Å². The Hall–Kier alpha value is -2.11. The smallest absolute Gasteiger partial charge is 0.337 e. The van der Waals surface area contributed by atoms with Crippen LogP contribution in [0.1, 0.15) is 24.2 Å². The first-order chi connectivity index (χ1) is 8.25. The quantitative estimate of drug-likeness (QED) is 0.741. The molecule has 1 amide bonds. The van der Waals surface area contributed by atoms with Crippen LogP contribution in [0, 0.1) is 11.2 Å². The molecule has 4 N–H and O–H groups in total. The first kappa shape index (κ1) is 14.0. The van der Waals surface area contributed by atoms with Gasteiger partial charge in [-0.15, -0.1) is 0 Å². The van der Waals surface area contributed by atoms with Gasteiger partial charge in [-0.1, -0.05) is 6.07 Å². The largest absolute Gasteiger partial charge is 0.478 e. The van der Waals surface area contributed by atoms with Crippen LogP contribution in [0.3, 0.4) is 0 Å². The van der Waals surface area contributed by atoms with Crippen molar-refractivity contribution in [3.8, 4) is 0 Å². The number of hydrogen-bond acceptors (Lipinski definition) is 3. The number of halogens is 1. The lowest BCUT2D eigenvalue weighted by atomic mass is 9.92. The van der Waals surface area contributed by atoms with Gasteiger partial charge in [-0.2, -0.15) is 0 Å². The van der Waals surface area contributed by atoms with Crippen LogP contribution in [-0.4, -0.2) is 23.5 Å². The van der Waals surface area contributed by atoms with E-state index in [1.807, 2.05) is 0 Å². The van der Waals surface area contributed by atoms with Gasteiger partial charge >= 0.3 is 5.97 Å². The van der Waals surface area contributed by atoms with Crippen LogP contribution < -0.4 is 11.1 Å². The van der Waals surface area contributed by atoms with Crippen molar-refractivity contribution < 1.29 is 19.1 Å². The van der Waals surface area contributed by atoms with E-state index < -0.39 is 23.1 Å². The molecule has 0 atom stereocenters. The Kier molecular flexibility index (Phi) is 3.90. The van der Waals surface area contributed by atoms with Gasteiger partial charge in [-0.3, -0.25) is 4.79 Å². The van der Waals surface area contributed by atoms with Crippen LogP contribution in [0.15, 0.2) is 18.2 Å². The van der Waals surface area contributed by atoms with E-state index in [1.165, 1.54) is 12.1 Å². The molecule has 0 aliphatic heterocycles. The molecule has 1 rings (SSSR count). The standard InChI is InChI=1S/C12H15FN2O3/c1-12(2,11(14)18)6-15-9-7(10(16)17)4-3-5-8(9)13/h3-5,15H,6H2,1-2H3,(H2,14,18)(H,16,17). The summed E-state index contributed by atoms with van der Waals surface area (Å²) in [6, 6.07) is 3.74. The predicted molar refractivity (Wildman–Crippen MR) is 64.8 cm³/mol. The van der Waals surface area contributed by atoms with Gasteiger partial charge in [-0.25, -0.2) is 9.18 Å². The molecule has 0 spiro atoms. The number of para-hydroxylation sites is 1. The number of primary amides is 1. The van der Waals surface area contributed by atoms with Crippen LogP contribution in [0.4, 0.5) is 10.1 Å². The van der Waals surface area contributed by atoms with E-state index in [-0.39, 0.29) is 17.8 Å². The highest BCUT2D eigenvalue weighted by atomic mass is 19.1. The summed E-state index contributed by atoms with van der Waals surface area (Å²) >= 11 is 0. The van der Waals surface area contributed by atoms with Gasteiger partial charge in [0.2, 0.25) is 5.91 Å². The number of carbonyl (C=O) groups is 2. The van der Waals surface area contributed by atoms with Gasteiger partial charge in [0.1, 0.15) is 5.82 Å². The molecule has 0 aliphatic carbocycles. The van der Waals surface area contributed by atoms with E-state index in [0.717, 1.165) is 6.07 Å². The lowest BCUT2D eigenvalue weighted by Gasteiger charge is -2.22. The number of carboxylic acid groups (broad SMARTS) is 1. The molecule has 0 fully saturated rings. The van der Waals surface area contributed by atoms with E-state index in [2.05, 4.69) is 5.32 Å². The lowest BCUT2D eigenvalue weighted by Crippen LogP contribution is -2.37. The van der Waals surface area contributed by atoms with Crippen molar-refractivity contribution in [3.05, 3.63) is 29.6 Å². The highest BCUT2D eigenvalue weighted by molar-refractivity contribution is 5.94. The van der Waals surface area contributed by atoms with Gasteiger partial charge in [0.15, 0.2) is 0 Å². The number of aromatic carboxylic acids is 1. The lowest BCUT2D eigenvalue weighted by molar-refractivity contribution is -0.125. The number of amides is 1. The summed E-state index contributed by atoms with van der Waals surface area (Å²) in [6.45, 7) is 3.22. The SMILES string of the molecule is CC(C)(CNc1c(F)cccc1C(=O)O)C(N)=O. The molecule has 5 nitrogen and oxygen atoms in total. The van der Waals surface area contributed by atoms with E-state index in [4.69, 9.17) is 10.8 Å². The van der Waals surface area contributed by atoms with E-state index >= 15 is 0 Å². The van der Waals surface area contributed by atoms with Gasteiger partial charge in [0.05, 0.1) is 16.7 Å². The molecule has 0 radical (unpaired) electrons. The summed E-state index contributed by atoms with van der Waals surface area (Å²) in [5.74, 6) is -2.48. The second kappa shape index (κ2) is 5.03. The van der Waals surface area contributed by atoms with Crippen molar-refractivity contribution in [2.45, 2.75) is 13.8 Å². The Balaban J connectivity index is 2.98. The fourth-order valence-corrected chi connectivity index (χ4v) is 1.28. The monoisotopic (exact) mass is 254 g/mol. The maximum absolute atomic E-state index is 13.5. The van der Waals surface area contributed by atoms with Crippen molar-refractivity contribution in [2.24, 2.45) is 11.1 Å². The number of benzene rings is 1. The van der Waals surface area contributed by atoms with Crippen molar-refractivity contribution >= 4 is 17.6 Å². The van der Waals surface area contributed by atoms with Crippen LogP contribution in [0.25, 0.3) is 0 Å². The highest BCUT2D eigenvalue weighted by Crippen LogP contribution is 2.22. The first-order valence-corrected chi connectivity index (χ1v) is 5.31. The summed E-state index contributed by atoms with van der Waals surface area (Å²) in [5, 5.41) is 11.6. The summed E-state index contributed by atoms with van der Waals surface area (Å²) in [7, 11) is 0. The summed E-state index contributed by atoms with van der Waals surface area (Å²) in [5.41, 5.74) is 3.95. The minimum absolute atomic E-state index is 0.0452. The molecule has 1 aromatic carbocycles. The average Bonchev–Trinajstić information content (AvgIpc) is 2.26. The Bertz CT molecular complexity index is 486. The molecule has 0 saturated heterocycles. The number of carbonyl (C=O) groups excluding carboxylic acids is 1. The van der Waals surface area contributed by atoms with Gasteiger partial charge in [-0.05, 0) is 26.0 Å². The Morgan fingerprint density at radius 3 is 2.56 bits per heavy atom. The summed E-state index contributed by atoms with van der Waals surface area (Å²) < 4.78 is 13.5. The van der Waals surface area contributed by atoms with Crippen molar-refractivity contribution in [1.82, 2.24) is 0 Å². The number of anilines is 1. The zero-order chi connectivity index (χ0) is 13.9. The molecule has 6 heteroatoms. The van der Waals surface area contributed by atoms with Gasteiger partial charge in [0, 0.05) is 6.54 Å². The number of nitrogens with one attached hydrogen (secondary N) is 1.